The van der Waals surface area contributed by atoms with Crippen LogP contribution in [-0.2, 0) is 11.3 Å². The second kappa shape index (κ2) is 8.22. The SMILES string of the molecule is COc1cccc(CNC(=O)[C@H]2CCCN(c3nc4ccc(Br)cc4[nH]3)C2)c1. The van der Waals surface area contributed by atoms with Crippen molar-refractivity contribution in [2.75, 3.05) is 25.1 Å². The molecule has 2 heterocycles. The van der Waals surface area contributed by atoms with Crippen molar-refractivity contribution in [1.29, 1.82) is 0 Å². The third-order valence-corrected chi connectivity index (χ3v) is 5.62. The number of fused-ring (bicyclic) bond motifs is 1. The maximum absolute atomic E-state index is 12.7. The maximum atomic E-state index is 12.7. The first kappa shape index (κ1) is 18.8. The number of carbonyl (C=O) groups excluding carboxylic acids is 1. The minimum atomic E-state index is -0.0423. The van der Waals surface area contributed by atoms with Gasteiger partial charge in [-0.15, -0.1) is 0 Å². The predicted molar refractivity (Wildman–Crippen MR) is 114 cm³/mol. The molecular weight excluding hydrogens is 420 g/mol. The number of imidazole rings is 1. The van der Waals surface area contributed by atoms with Crippen LogP contribution < -0.4 is 15.0 Å². The highest BCUT2D eigenvalue weighted by atomic mass is 79.9. The number of carbonyl (C=O) groups is 1. The topological polar surface area (TPSA) is 70.2 Å². The largest absolute Gasteiger partial charge is 0.497 e. The molecule has 1 amide bonds. The summed E-state index contributed by atoms with van der Waals surface area (Å²) in [5.41, 5.74) is 2.96. The minimum Gasteiger partial charge on any atom is -0.497 e. The summed E-state index contributed by atoms with van der Waals surface area (Å²) in [5.74, 6) is 1.68. The number of amides is 1. The van der Waals surface area contributed by atoms with E-state index >= 15 is 0 Å². The van der Waals surface area contributed by atoms with Crippen LogP contribution in [0.2, 0.25) is 0 Å². The molecule has 1 aromatic heterocycles. The molecule has 0 radical (unpaired) electrons. The molecule has 1 saturated heterocycles. The van der Waals surface area contributed by atoms with Crippen molar-refractivity contribution in [3.63, 3.8) is 0 Å². The highest BCUT2D eigenvalue weighted by Crippen LogP contribution is 2.25. The van der Waals surface area contributed by atoms with Crippen molar-refractivity contribution in [3.8, 4) is 5.75 Å². The van der Waals surface area contributed by atoms with Gasteiger partial charge < -0.3 is 19.9 Å². The first-order valence-corrected chi connectivity index (χ1v) is 10.2. The first-order chi connectivity index (χ1) is 13.6. The van der Waals surface area contributed by atoms with Crippen LogP contribution in [0.1, 0.15) is 18.4 Å². The van der Waals surface area contributed by atoms with Crippen molar-refractivity contribution >= 4 is 38.8 Å². The van der Waals surface area contributed by atoms with Gasteiger partial charge in [-0.3, -0.25) is 4.79 Å². The Balaban J connectivity index is 1.40. The molecule has 28 heavy (non-hydrogen) atoms. The second-order valence-corrected chi connectivity index (χ2v) is 7.99. The van der Waals surface area contributed by atoms with E-state index in [0.29, 0.717) is 13.1 Å². The quantitative estimate of drug-likeness (QED) is 0.628. The molecule has 1 aliphatic heterocycles. The lowest BCUT2D eigenvalue weighted by Crippen LogP contribution is -2.43. The Hall–Kier alpha value is -2.54. The summed E-state index contributed by atoms with van der Waals surface area (Å²) < 4.78 is 6.26. The lowest BCUT2D eigenvalue weighted by molar-refractivity contribution is -0.125. The summed E-state index contributed by atoms with van der Waals surface area (Å²) in [5, 5.41) is 3.07. The van der Waals surface area contributed by atoms with E-state index in [1.807, 2.05) is 42.5 Å². The number of benzene rings is 2. The summed E-state index contributed by atoms with van der Waals surface area (Å²) in [6.45, 7) is 2.08. The Morgan fingerprint density at radius 1 is 1.36 bits per heavy atom. The van der Waals surface area contributed by atoms with Gasteiger partial charge in [-0.2, -0.15) is 0 Å². The van der Waals surface area contributed by atoms with Gasteiger partial charge >= 0.3 is 0 Å². The van der Waals surface area contributed by atoms with Gasteiger partial charge in [-0.05, 0) is 48.7 Å². The molecule has 3 aromatic rings. The minimum absolute atomic E-state index is 0.0423. The number of hydrogen-bond acceptors (Lipinski definition) is 4. The van der Waals surface area contributed by atoms with E-state index in [-0.39, 0.29) is 11.8 Å². The lowest BCUT2D eigenvalue weighted by atomic mass is 9.97. The number of anilines is 1. The number of rotatable bonds is 5. The smallest absolute Gasteiger partial charge is 0.225 e. The van der Waals surface area contributed by atoms with Crippen LogP contribution in [-0.4, -0.2) is 36.1 Å². The first-order valence-electron chi connectivity index (χ1n) is 9.43. The molecule has 4 rings (SSSR count). The standard InChI is InChI=1S/C21H23BrN4O2/c1-28-17-6-2-4-14(10-17)12-23-20(27)15-5-3-9-26(13-15)21-24-18-8-7-16(22)11-19(18)25-21/h2,4,6-8,10-11,15H,3,5,9,12-13H2,1H3,(H,23,27)(H,24,25)/t15-/m0/s1. The normalized spacial score (nSPS) is 16.9. The molecule has 0 spiro atoms. The molecule has 0 bridgehead atoms. The zero-order valence-electron chi connectivity index (χ0n) is 15.7. The van der Waals surface area contributed by atoms with E-state index in [1.165, 1.54) is 0 Å². The van der Waals surface area contributed by atoms with Crippen LogP contribution in [0.25, 0.3) is 11.0 Å². The van der Waals surface area contributed by atoms with E-state index in [1.54, 1.807) is 7.11 Å². The fourth-order valence-electron chi connectivity index (χ4n) is 3.62. The van der Waals surface area contributed by atoms with Crippen LogP contribution in [0, 0.1) is 5.92 Å². The monoisotopic (exact) mass is 442 g/mol. The Bertz CT molecular complexity index is 987. The van der Waals surface area contributed by atoms with Crippen molar-refractivity contribution in [2.45, 2.75) is 19.4 Å². The van der Waals surface area contributed by atoms with E-state index in [9.17, 15) is 4.79 Å². The molecule has 0 aliphatic carbocycles. The summed E-state index contributed by atoms with van der Waals surface area (Å²) in [6, 6.07) is 13.8. The molecule has 6 nitrogen and oxygen atoms in total. The zero-order valence-corrected chi connectivity index (χ0v) is 17.3. The van der Waals surface area contributed by atoms with Gasteiger partial charge in [0.05, 0.1) is 24.1 Å². The molecule has 7 heteroatoms. The molecular formula is C21H23BrN4O2. The molecule has 1 aliphatic rings. The Morgan fingerprint density at radius 2 is 2.25 bits per heavy atom. The molecule has 0 unspecified atom stereocenters. The predicted octanol–water partition coefficient (Wildman–Crippen LogP) is 3.87. The van der Waals surface area contributed by atoms with Crippen molar-refractivity contribution < 1.29 is 9.53 Å². The van der Waals surface area contributed by atoms with Gasteiger partial charge in [0.1, 0.15) is 5.75 Å². The number of H-pyrrole nitrogens is 1. The summed E-state index contributed by atoms with van der Waals surface area (Å²) in [4.78, 5) is 23.0. The number of piperidine rings is 1. The van der Waals surface area contributed by atoms with E-state index in [2.05, 4.69) is 36.1 Å². The maximum Gasteiger partial charge on any atom is 0.225 e. The summed E-state index contributed by atoms with van der Waals surface area (Å²) >= 11 is 3.49. The van der Waals surface area contributed by atoms with Crippen LogP contribution in [0.15, 0.2) is 46.9 Å². The van der Waals surface area contributed by atoms with Crippen LogP contribution in [0.5, 0.6) is 5.75 Å². The number of aromatic nitrogens is 2. The number of halogens is 1. The average molecular weight is 443 g/mol. The van der Waals surface area contributed by atoms with Gasteiger partial charge in [0.15, 0.2) is 0 Å². The molecule has 0 saturated carbocycles. The van der Waals surface area contributed by atoms with Crippen LogP contribution >= 0.6 is 15.9 Å². The third kappa shape index (κ3) is 4.14. The van der Waals surface area contributed by atoms with Crippen molar-refractivity contribution in [2.24, 2.45) is 5.92 Å². The lowest BCUT2D eigenvalue weighted by Gasteiger charge is -2.31. The highest BCUT2D eigenvalue weighted by molar-refractivity contribution is 9.10. The fourth-order valence-corrected chi connectivity index (χ4v) is 3.98. The molecule has 1 fully saturated rings. The van der Waals surface area contributed by atoms with Gasteiger partial charge in [0, 0.05) is 24.1 Å². The fraction of sp³-hybridized carbons (Fsp3) is 0.333. The Kier molecular flexibility index (Phi) is 5.52. The van der Waals surface area contributed by atoms with Crippen molar-refractivity contribution in [1.82, 2.24) is 15.3 Å². The van der Waals surface area contributed by atoms with E-state index in [0.717, 1.165) is 52.2 Å². The number of aromatic amines is 1. The molecule has 2 aromatic carbocycles. The zero-order chi connectivity index (χ0) is 19.5. The molecule has 146 valence electrons. The van der Waals surface area contributed by atoms with E-state index in [4.69, 9.17) is 4.74 Å². The van der Waals surface area contributed by atoms with Crippen molar-refractivity contribution in [3.05, 3.63) is 52.5 Å². The summed E-state index contributed by atoms with van der Waals surface area (Å²) in [6.07, 6.45) is 1.87. The second-order valence-electron chi connectivity index (χ2n) is 7.08. The summed E-state index contributed by atoms with van der Waals surface area (Å²) in [7, 11) is 1.64. The number of nitrogens with zero attached hydrogens (tertiary/aromatic N) is 2. The third-order valence-electron chi connectivity index (χ3n) is 5.12. The number of hydrogen-bond donors (Lipinski definition) is 2. The average Bonchev–Trinajstić information content (AvgIpc) is 3.15. The molecule has 1 atom stereocenters. The number of ether oxygens (including phenoxy) is 1. The van der Waals surface area contributed by atoms with Crippen LogP contribution in [0.3, 0.4) is 0 Å². The Morgan fingerprint density at radius 3 is 3.11 bits per heavy atom. The highest BCUT2D eigenvalue weighted by Gasteiger charge is 2.27. The van der Waals surface area contributed by atoms with E-state index < -0.39 is 0 Å². The number of methoxy groups -OCH3 is 1. The van der Waals surface area contributed by atoms with Gasteiger partial charge in [0.25, 0.3) is 0 Å². The number of nitrogens with one attached hydrogen (secondary N) is 2. The van der Waals surface area contributed by atoms with Gasteiger partial charge in [-0.25, -0.2) is 4.98 Å². The van der Waals surface area contributed by atoms with Gasteiger partial charge in [-0.1, -0.05) is 28.1 Å². The van der Waals surface area contributed by atoms with Gasteiger partial charge in [0.2, 0.25) is 11.9 Å². The van der Waals surface area contributed by atoms with Crippen LogP contribution in [0.4, 0.5) is 5.95 Å². The molecule has 2 N–H and O–H groups in total. The Labute approximate surface area is 172 Å².